The smallest absolute Gasteiger partial charge is 0.344 e. The van der Waals surface area contributed by atoms with Crippen molar-refractivity contribution < 1.29 is 68.5 Å². The van der Waals surface area contributed by atoms with E-state index in [1.807, 2.05) is 44.2 Å². The molecule has 0 radical (unpaired) electrons. The van der Waals surface area contributed by atoms with Gasteiger partial charge < -0.3 is 44.5 Å². The molecule has 9 atom stereocenters. The Morgan fingerprint density at radius 2 is 1.71 bits per heavy atom. The van der Waals surface area contributed by atoms with Gasteiger partial charge >= 0.3 is 29.8 Å². The lowest BCUT2D eigenvalue weighted by atomic mass is 9.74. The number of fused-ring (bicyclic) bond motifs is 2. The van der Waals surface area contributed by atoms with Crippen LogP contribution in [-0.2, 0) is 49.3 Å². The standard InChI is InChI=1S/C34H44O14/c1-6-7-11-19(2)14-15-24(36)46-27-26(37)32(47-28(29(38)39)33(44,30(40)41)34(27,48-32)31(42)43)17-16-20(3)25(45-22(5)35)21(4)18-23-12-9-8-10-13-23/h8-10,12-15,19,21,25-28,37,44H,3,6-7,11,16-18H2,1-2,4-5H3,(H,38,39)(H,40,41)(H,42,43). The van der Waals surface area contributed by atoms with Gasteiger partial charge in [0.15, 0.2) is 6.10 Å². The van der Waals surface area contributed by atoms with Crippen LogP contribution in [0.1, 0.15) is 65.4 Å². The molecule has 2 aliphatic rings. The molecule has 2 aliphatic heterocycles. The summed E-state index contributed by atoms with van der Waals surface area (Å²) >= 11 is 0. The van der Waals surface area contributed by atoms with E-state index in [2.05, 4.69) is 6.58 Å². The number of carbonyl (C=O) groups is 5. The van der Waals surface area contributed by atoms with E-state index in [1.54, 1.807) is 6.92 Å². The molecule has 1 aromatic rings. The van der Waals surface area contributed by atoms with Gasteiger partial charge in [-0.2, -0.15) is 0 Å². The maximum Gasteiger partial charge on any atom is 0.344 e. The molecule has 0 spiro atoms. The van der Waals surface area contributed by atoms with E-state index < -0.39 is 77.7 Å². The molecule has 2 saturated heterocycles. The Hall–Kier alpha value is -4.11. The van der Waals surface area contributed by atoms with E-state index in [-0.39, 0.29) is 23.8 Å². The Bertz CT molecular complexity index is 1410. The van der Waals surface area contributed by atoms with Gasteiger partial charge in [-0.3, -0.25) is 4.79 Å². The fourth-order valence-electron chi connectivity index (χ4n) is 6.33. The lowest BCUT2D eigenvalue weighted by Gasteiger charge is -2.48. The van der Waals surface area contributed by atoms with Crippen LogP contribution in [0.4, 0.5) is 0 Å². The van der Waals surface area contributed by atoms with Gasteiger partial charge in [0.05, 0.1) is 0 Å². The van der Waals surface area contributed by atoms with Crippen molar-refractivity contribution in [3.05, 3.63) is 60.2 Å². The summed E-state index contributed by atoms with van der Waals surface area (Å²) in [5, 5.41) is 53.4. The van der Waals surface area contributed by atoms with Gasteiger partial charge in [0.2, 0.25) is 23.1 Å². The number of aliphatic carboxylic acids is 3. The van der Waals surface area contributed by atoms with Gasteiger partial charge in [-0.1, -0.05) is 76.6 Å². The fourth-order valence-corrected chi connectivity index (χ4v) is 6.33. The Kier molecular flexibility index (Phi) is 12.3. The van der Waals surface area contributed by atoms with Crippen molar-refractivity contribution in [3.8, 4) is 0 Å². The number of rotatable bonds is 17. The molecule has 264 valence electrons. The zero-order valence-corrected chi connectivity index (χ0v) is 27.4. The molecule has 2 heterocycles. The third-order valence-electron chi connectivity index (χ3n) is 8.83. The first kappa shape index (κ1) is 38.3. The summed E-state index contributed by atoms with van der Waals surface area (Å²) < 4.78 is 22.0. The zero-order chi connectivity index (χ0) is 36.0. The first-order chi connectivity index (χ1) is 22.5. The summed E-state index contributed by atoms with van der Waals surface area (Å²) in [5.41, 5.74) is -6.26. The first-order valence-corrected chi connectivity index (χ1v) is 15.7. The molecular formula is C34H44O14. The number of hydrogen-bond acceptors (Lipinski definition) is 11. The normalized spacial score (nSPS) is 29.8. The second-order valence-electron chi connectivity index (χ2n) is 12.5. The minimum atomic E-state index is -3.89. The third kappa shape index (κ3) is 7.46. The molecule has 2 bridgehead atoms. The predicted molar refractivity (Wildman–Crippen MR) is 166 cm³/mol. The molecule has 14 nitrogen and oxygen atoms in total. The van der Waals surface area contributed by atoms with E-state index >= 15 is 0 Å². The molecule has 9 unspecified atom stereocenters. The van der Waals surface area contributed by atoms with Crippen molar-refractivity contribution in [1.82, 2.24) is 0 Å². The predicted octanol–water partition coefficient (Wildman–Crippen LogP) is 2.64. The maximum absolute atomic E-state index is 12.9. The number of carboxylic acid groups (broad SMARTS) is 3. The largest absolute Gasteiger partial charge is 0.479 e. The molecule has 3 rings (SSSR count). The highest BCUT2D eigenvalue weighted by Gasteiger charge is 2.85. The second-order valence-corrected chi connectivity index (χ2v) is 12.5. The molecule has 5 N–H and O–H groups in total. The average molecular weight is 677 g/mol. The number of aliphatic hydroxyl groups is 2. The molecule has 48 heavy (non-hydrogen) atoms. The Morgan fingerprint density at radius 3 is 2.25 bits per heavy atom. The van der Waals surface area contributed by atoms with Gasteiger partial charge in [0.1, 0.15) is 12.2 Å². The Balaban J connectivity index is 2.02. The molecule has 2 fully saturated rings. The van der Waals surface area contributed by atoms with Gasteiger partial charge in [0.25, 0.3) is 0 Å². The minimum absolute atomic E-state index is 0.0996. The van der Waals surface area contributed by atoms with Crippen molar-refractivity contribution in [3.63, 3.8) is 0 Å². The summed E-state index contributed by atoms with van der Waals surface area (Å²) in [6, 6.07) is 9.29. The van der Waals surface area contributed by atoms with E-state index in [9.17, 15) is 49.5 Å². The average Bonchev–Trinajstić information content (AvgIpc) is 3.24. The molecular weight excluding hydrogens is 632 g/mol. The number of unbranched alkanes of at least 4 members (excludes halogenated alkanes) is 1. The number of carbonyl (C=O) groups excluding carboxylic acids is 2. The van der Waals surface area contributed by atoms with Crippen LogP contribution in [0.3, 0.4) is 0 Å². The van der Waals surface area contributed by atoms with Crippen LogP contribution in [0.25, 0.3) is 0 Å². The molecule has 0 aromatic heterocycles. The van der Waals surface area contributed by atoms with Gasteiger partial charge in [-0.05, 0) is 36.3 Å². The summed E-state index contributed by atoms with van der Waals surface area (Å²) in [5.74, 6) is -11.6. The van der Waals surface area contributed by atoms with E-state index in [0.29, 0.717) is 12.8 Å². The number of benzene rings is 1. The van der Waals surface area contributed by atoms with Crippen LogP contribution in [0.2, 0.25) is 0 Å². The highest BCUT2D eigenvalue weighted by molar-refractivity contribution is 5.98. The minimum Gasteiger partial charge on any atom is -0.479 e. The first-order valence-electron chi connectivity index (χ1n) is 15.7. The quantitative estimate of drug-likeness (QED) is 0.0909. The van der Waals surface area contributed by atoms with Crippen LogP contribution in [0.15, 0.2) is 54.6 Å². The van der Waals surface area contributed by atoms with Crippen LogP contribution < -0.4 is 0 Å². The van der Waals surface area contributed by atoms with Crippen molar-refractivity contribution in [2.75, 3.05) is 0 Å². The lowest BCUT2D eigenvalue weighted by molar-refractivity contribution is -0.374. The number of ether oxygens (including phenoxy) is 4. The Morgan fingerprint density at radius 1 is 1.06 bits per heavy atom. The van der Waals surface area contributed by atoms with Crippen LogP contribution in [-0.4, -0.2) is 96.8 Å². The topological polar surface area (TPSA) is 223 Å². The highest BCUT2D eigenvalue weighted by atomic mass is 16.8. The van der Waals surface area contributed by atoms with Crippen LogP contribution in [0.5, 0.6) is 0 Å². The molecule has 1 aromatic carbocycles. The van der Waals surface area contributed by atoms with E-state index in [1.165, 1.54) is 13.0 Å². The fraction of sp³-hybridized carbons (Fsp3) is 0.559. The molecule has 14 heteroatoms. The third-order valence-corrected chi connectivity index (χ3v) is 8.83. The molecule has 0 amide bonds. The summed E-state index contributed by atoms with van der Waals surface area (Å²) in [7, 11) is 0. The number of hydrogen-bond donors (Lipinski definition) is 5. The summed E-state index contributed by atoms with van der Waals surface area (Å²) in [6.07, 6.45) is -3.95. The lowest BCUT2D eigenvalue weighted by Crippen LogP contribution is -2.78. The highest BCUT2D eigenvalue weighted by Crippen LogP contribution is 2.56. The van der Waals surface area contributed by atoms with Crippen molar-refractivity contribution >= 4 is 29.8 Å². The summed E-state index contributed by atoms with van der Waals surface area (Å²) in [4.78, 5) is 62.8. The van der Waals surface area contributed by atoms with Crippen LogP contribution >= 0.6 is 0 Å². The Labute approximate surface area is 277 Å². The van der Waals surface area contributed by atoms with Gasteiger partial charge in [-0.15, -0.1) is 0 Å². The van der Waals surface area contributed by atoms with Gasteiger partial charge in [0, 0.05) is 25.3 Å². The van der Waals surface area contributed by atoms with Gasteiger partial charge in [-0.25, -0.2) is 19.2 Å². The van der Waals surface area contributed by atoms with Crippen LogP contribution in [0, 0.1) is 11.8 Å². The van der Waals surface area contributed by atoms with Crippen molar-refractivity contribution in [2.24, 2.45) is 11.8 Å². The van der Waals surface area contributed by atoms with Crippen molar-refractivity contribution in [2.45, 2.75) is 108 Å². The SMILES string of the molecule is C=C(CCC12OC(C(=O)O)C(O)(C(=O)O)C(C(=O)O)(O1)C(OC(=O)C=CC(C)CCCC)C2O)C(OC(C)=O)C(C)Cc1ccccc1. The number of esters is 2. The zero-order valence-electron chi connectivity index (χ0n) is 27.4. The molecule has 0 aliphatic carbocycles. The van der Waals surface area contributed by atoms with E-state index in [0.717, 1.165) is 24.5 Å². The van der Waals surface area contributed by atoms with Crippen molar-refractivity contribution in [1.29, 1.82) is 0 Å². The maximum atomic E-state index is 12.9. The summed E-state index contributed by atoms with van der Waals surface area (Å²) in [6.45, 7) is 10.8. The number of carboxylic acids is 3. The number of allylic oxidation sites excluding steroid dienone is 1. The van der Waals surface area contributed by atoms with E-state index in [4.69, 9.17) is 18.9 Å². The monoisotopic (exact) mass is 676 g/mol. The molecule has 0 saturated carbocycles. The number of aliphatic hydroxyl groups excluding tert-OH is 1. The second kappa shape index (κ2) is 15.4.